The molecule has 8 aliphatic rings. The summed E-state index contributed by atoms with van der Waals surface area (Å²) in [6, 6.07) is 8.86. The third-order valence-corrected chi connectivity index (χ3v) is 14.1. The second-order valence-electron chi connectivity index (χ2n) is 16.9. The first-order chi connectivity index (χ1) is 25.2. The van der Waals surface area contributed by atoms with Crippen molar-refractivity contribution in [2.45, 2.75) is 151 Å². The maximum absolute atomic E-state index is 14.3. The molecule has 1 aromatic carbocycles. The van der Waals surface area contributed by atoms with Crippen LogP contribution in [0.15, 0.2) is 47.6 Å². The molecule has 0 radical (unpaired) electrons. The zero-order chi connectivity index (χ0) is 35.8. The van der Waals surface area contributed by atoms with Crippen LogP contribution in [0.1, 0.15) is 102 Å². The summed E-state index contributed by atoms with van der Waals surface area (Å²) in [7, 11) is 0. The highest BCUT2D eigenvalue weighted by molar-refractivity contribution is 5.88. The number of fused-ring (bicyclic) bond motifs is 6. The van der Waals surface area contributed by atoms with E-state index in [4.69, 9.17) is 9.47 Å². The lowest BCUT2D eigenvalue weighted by Gasteiger charge is -2.42. The van der Waals surface area contributed by atoms with Gasteiger partial charge in [0.2, 0.25) is 11.8 Å². The topological polar surface area (TPSA) is 99.7 Å². The number of benzene rings is 1. The van der Waals surface area contributed by atoms with E-state index in [9.17, 15) is 19.2 Å². The van der Waals surface area contributed by atoms with E-state index >= 15 is 0 Å². The fraction of sp³-hybridized carbons (Fsp3) is 0.667. The van der Waals surface area contributed by atoms with Crippen molar-refractivity contribution < 1.29 is 28.7 Å². The van der Waals surface area contributed by atoms with Gasteiger partial charge in [-0.2, -0.15) is 0 Å². The summed E-state index contributed by atoms with van der Waals surface area (Å²) in [4.78, 5) is 63.2. The van der Waals surface area contributed by atoms with Crippen LogP contribution in [0.5, 0.6) is 0 Å². The van der Waals surface area contributed by atoms with Crippen molar-refractivity contribution in [2.75, 3.05) is 26.2 Å². The average Bonchev–Trinajstić information content (AvgIpc) is 3.83. The fourth-order valence-electron chi connectivity index (χ4n) is 12.2. The van der Waals surface area contributed by atoms with Crippen LogP contribution in [-0.2, 0) is 41.5 Å². The summed E-state index contributed by atoms with van der Waals surface area (Å²) >= 11 is 0. The average molecular weight is 711 g/mol. The summed E-state index contributed by atoms with van der Waals surface area (Å²) in [6.45, 7) is 7.57. The maximum atomic E-state index is 14.3. The highest BCUT2D eigenvalue weighted by Gasteiger charge is 2.66. The highest BCUT2D eigenvalue weighted by Crippen LogP contribution is 2.56. The van der Waals surface area contributed by atoms with Gasteiger partial charge in [0.25, 0.3) is 0 Å². The van der Waals surface area contributed by atoms with Crippen molar-refractivity contribution in [2.24, 2.45) is 0 Å². The summed E-state index contributed by atoms with van der Waals surface area (Å²) in [5, 5.41) is 0. The lowest BCUT2D eigenvalue weighted by Crippen LogP contribution is -2.54. The van der Waals surface area contributed by atoms with Crippen LogP contribution in [0.25, 0.3) is 0 Å². The van der Waals surface area contributed by atoms with Gasteiger partial charge >= 0.3 is 11.9 Å². The number of hydrogen-bond acceptors (Lipinski definition) is 8. The van der Waals surface area contributed by atoms with E-state index in [1.54, 1.807) is 12.2 Å². The van der Waals surface area contributed by atoms with Crippen LogP contribution in [0.4, 0.5) is 0 Å². The molecule has 2 amide bonds. The summed E-state index contributed by atoms with van der Waals surface area (Å²) in [5.41, 5.74) is 3.01. The predicted octanol–water partition coefficient (Wildman–Crippen LogP) is 4.49. The number of ether oxygens (including phenoxy) is 2. The van der Waals surface area contributed by atoms with Gasteiger partial charge in [-0.15, -0.1) is 0 Å². The molecule has 0 aromatic heterocycles. The summed E-state index contributed by atoms with van der Waals surface area (Å²) in [5.74, 6) is -0.249. The molecule has 4 saturated heterocycles. The quantitative estimate of drug-likeness (QED) is 0.328. The monoisotopic (exact) mass is 710 g/mol. The van der Waals surface area contributed by atoms with Crippen LogP contribution in [0.2, 0.25) is 0 Å². The molecule has 10 heteroatoms. The van der Waals surface area contributed by atoms with Crippen LogP contribution in [0.3, 0.4) is 0 Å². The molecule has 6 aliphatic heterocycles. The summed E-state index contributed by atoms with van der Waals surface area (Å²) in [6.07, 6.45) is 15.3. The number of rotatable bonds is 10. The predicted molar refractivity (Wildman–Crippen MR) is 194 cm³/mol. The van der Waals surface area contributed by atoms with Crippen molar-refractivity contribution in [3.8, 4) is 0 Å². The molecule has 52 heavy (non-hydrogen) atoms. The molecule has 1 aromatic rings. The Kier molecular flexibility index (Phi) is 8.64. The second kappa shape index (κ2) is 13.1. The minimum absolute atomic E-state index is 0.0109. The Hall–Kier alpha value is -3.50. The van der Waals surface area contributed by atoms with Gasteiger partial charge < -0.3 is 19.3 Å². The van der Waals surface area contributed by atoms with E-state index in [1.807, 2.05) is 24.3 Å². The number of hydrogen-bond donors (Lipinski definition) is 0. The molecular formula is C42H54N4O6. The van der Waals surface area contributed by atoms with Crippen LogP contribution >= 0.6 is 0 Å². The zero-order valence-corrected chi connectivity index (χ0v) is 30.9. The number of piperidine rings is 2. The molecule has 9 rings (SSSR count). The molecule has 2 spiro atoms. The van der Waals surface area contributed by atoms with Crippen LogP contribution in [0, 0.1) is 0 Å². The van der Waals surface area contributed by atoms with Gasteiger partial charge in [0.15, 0.2) is 11.2 Å². The number of esters is 2. The molecule has 0 unspecified atom stereocenters. The third-order valence-electron chi connectivity index (χ3n) is 14.1. The molecule has 0 N–H and O–H groups in total. The van der Waals surface area contributed by atoms with Gasteiger partial charge in [0.1, 0.15) is 0 Å². The minimum Gasteiger partial charge on any atom is -0.450 e. The van der Waals surface area contributed by atoms with Crippen molar-refractivity contribution in [3.63, 3.8) is 0 Å². The Labute approximate surface area is 307 Å². The first-order valence-electron chi connectivity index (χ1n) is 20.3. The third kappa shape index (κ3) is 5.32. The molecule has 10 nitrogen and oxygen atoms in total. The van der Waals surface area contributed by atoms with Crippen molar-refractivity contribution >= 4 is 23.8 Å². The second-order valence-corrected chi connectivity index (χ2v) is 16.9. The highest BCUT2D eigenvalue weighted by atomic mass is 16.6. The standard InChI is InChI=1S/C42H54N4O6/c1-3-14-45(31-21-29-23-39(49)51-41(29)25-33(31)43-16-7-5-12-35(41)43)37(47)19-27-10-9-11-28(18-27)20-38(48)46(15-4-2)32-22-30-24-40(50)52-42(30)26-34(32)44-17-8-6-13-36(42)44/h9-11,18,23-24,31-36H,3-8,12-17,19-22,25-26H2,1-2H3/t31-,32+,33-,34-,35+,36+,41-,42-/m0/s1. The Morgan fingerprint density at radius 1 is 0.731 bits per heavy atom. The van der Waals surface area contributed by atoms with E-state index in [-0.39, 0.29) is 72.8 Å². The van der Waals surface area contributed by atoms with Crippen LogP contribution in [-0.4, -0.2) is 117 Å². The molecule has 8 atom stereocenters. The van der Waals surface area contributed by atoms with E-state index in [0.29, 0.717) is 25.9 Å². The smallest absolute Gasteiger partial charge is 0.331 e. The van der Waals surface area contributed by atoms with Gasteiger partial charge in [-0.1, -0.05) is 51.0 Å². The normalized spacial score (nSPS) is 35.8. The number of carbonyl (C=O) groups excluding carboxylic acids is 4. The van der Waals surface area contributed by atoms with Gasteiger partial charge in [0.05, 0.1) is 37.0 Å². The van der Waals surface area contributed by atoms with Crippen molar-refractivity contribution in [1.29, 1.82) is 0 Å². The molecule has 6 heterocycles. The lowest BCUT2D eigenvalue weighted by atomic mass is 9.75. The lowest BCUT2D eigenvalue weighted by molar-refractivity contribution is -0.149. The fourth-order valence-corrected chi connectivity index (χ4v) is 12.2. The molecule has 4 bridgehead atoms. The van der Waals surface area contributed by atoms with Gasteiger partial charge in [0, 0.05) is 50.2 Å². The van der Waals surface area contributed by atoms with Crippen molar-refractivity contribution in [1.82, 2.24) is 19.6 Å². The SMILES string of the molecule is CCCN(C(=O)Cc1cccc(CC(=O)N(CCC)[C@H]2CC3=CC(=O)O[C@@]34C[C@@H]2N2CCCC[C@@H]24)c1)[C@@H]1CC2=CC(=O)O[C@@]23C[C@@H]1N1CCCC[C@@H]13. The Balaban J connectivity index is 0.920. The minimum atomic E-state index is -0.501. The zero-order valence-electron chi connectivity index (χ0n) is 30.9. The van der Waals surface area contributed by atoms with Gasteiger partial charge in [-0.05, 0) is 86.7 Å². The number of nitrogens with zero attached hydrogens (tertiary/aromatic N) is 4. The molecule has 6 fully saturated rings. The molecular weight excluding hydrogens is 656 g/mol. The largest absolute Gasteiger partial charge is 0.450 e. The molecule has 2 aliphatic carbocycles. The van der Waals surface area contributed by atoms with Gasteiger partial charge in [-0.25, -0.2) is 9.59 Å². The van der Waals surface area contributed by atoms with E-state index in [2.05, 4.69) is 33.4 Å². The van der Waals surface area contributed by atoms with Gasteiger partial charge in [-0.3, -0.25) is 19.4 Å². The first-order valence-corrected chi connectivity index (χ1v) is 20.3. The van der Waals surface area contributed by atoms with Crippen LogP contribution < -0.4 is 0 Å². The Bertz CT molecular complexity index is 1600. The molecule has 278 valence electrons. The Morgan fingerprint density at radius 2 is 1.19 bits per heavy atom. The first kappa shape index (κ1) is 34.3. The summed E-state index contributed by atoms with van der Waals surface area (Å²) < 4.78 is 12.2. The maximum Gasteiger partial charge on any atom is 0.331 e. The molecule has 2 saturated carbocycles. The van der Waals surface area contributed by atoms with E-state index in [1.165, 1.54) is 0 Å². The van der Waals surface area contributed by atoms with E-state index < -0.39 is 11.2 Å². The number of amides is 2. The number of carbonyl (C=O) groups is 4. The van der Waals surface area contributed by atoms with E-state index in [0.717, 1.165) is 99.6 Å². The van der Waals surface area contributed by atoms with Crippen molar-refractivity contribution in [3.05, 3.63) is 58.7 Å². The Morgan fingerprint density at radius 3 is 1.63 bits per heavy atom.